The van der Waals surface area contributed by atoms with E-state index in [1.807, 2.05) is 0 Å². The molecule has 1 aromatic rings. The van der Waals surface area contributed by atoms with Crippen molar-refractivity contribution in [1.82, 2.24) is 0 Å². The van der Waals surface area contributed by atoms with Crippen LogP contribution in [-0.4, -0.2) is 8.07 Å². The molecule has 0 amide bonds. The Morgan fingerprint density at radius 3 is 2.33 bits per heavy atom. The van der Waals surface area contributed by atoms with Crippen LogP contribution in [0.3, 0.4) is 0 Å². The Hall–Kier alpha value is -1.00. The first kappa shape index (κ1) is 15.1. The Bertz CT molecular complexity index is 381. The summed E-state index contributed by atoms with van der Waals surface area (Å²) in [5.41, 5.74) is 0. The predicted molar refractivity (Wildman–Crippen MR) is 84.9 cm³/mol. The third kappa shape index (κ3) is 5.56. The Morgan fingerprint density at radius 1 is 0.944 bits per heavy atom. The first-order chi connectivity index (χ1) is 8.67. The molecule has 98 valence electrons. The van der Waals surface area contributed by atoms with E-state index in [0.29, 0.717) is 0 Å². The standard InChI is InChI=1S/C17H26Si/c1-4-5-6-7-8-9-13-16-18(2,3)17-14-11-10-12-15-17/h10-12,14-15H,4-8,16H2,1-3H3. The van der Waals surface area contributed by atoms with Gasteiger partial charge in [-0.15, -0.1) is 11.8 Å². The zero-order valence-electron chi connectivity index (χ0n) is 12.1. The second kappa shape index (κ2) is 8.16. The average Bonchev–Trinajstić information content (AvgIpc) is 2.39. The summed E-state index contributed by atoms with van der Waals surface area (Å²) in [5, 5.41) is 1.52. The molecule has 0 aliphatic heterocycles. The summed E-state index contributed by atoms with van der Waals surface area (Å²) in [6.45, 7) is 7.07. The maximum Gasteiger partial charge on any atom is 0.0926 e. The molecular formula is C17H26Si. The molecule has 0 aromatic heterocycles. The fraction of sp³-hybridized carbons (Fsp3) is 0.529. The molecule has 0 aliphatic carbocycles. The van der Waals surface area contributed by atoms with E-state index in [1.165, 1.54) is 30.9 Å². The van der Waals surface area contributed by atoms with Crippen molar-refractivity contribution in [2.24, 2.45) is 0 Å². The van der Waals surface area contributed by atoms with Gasteiger partial charge in [0.15, 0.2) is 0 Å². The molecule has 0 heterocycles. The molecule has 0 unspecified atom stereocenters. The van der Waals surface area contributed by atoms with Gasteiger partial charge in [-0.25, -0.2) is 0 Å². The number of unbranched alkanes of at least 4 members (excludes halogenated alkanes) is 4. The molecule has 0 fully saturated rings. The number of hydrogen-bond acceptors (Lipinski definition) is 0. The molecule has 0 radical (unpaired) electrons. The lowest BCUT2D eigenvalue weighted by atomic mass is 10.2. The van der Waals surface area contributed by atoms with Gasteiger partial charge in [0.2, 0.25) is 0 Å². The highest BCUT2D eigenvalue weighted by Crippen LogP contribution is 2.09. The van der Waals surface area contributed by atoms with Gasteiger partial charge in [-0.2, -0.15) is 0 Å². The molecule has 0 aliphatic rings. The van der Waals surface area contributed by atoms with Gasteiger partial charge in [0.05, 0.1) is 8.07 Å². The van der Waals surface area contributed by atoms with E-state index < -0.39 is 8.07 Å². The van der Waals surface area contributed by atoms with Crippen LogP contribution in [0, 0.1) is 11.8 Å². The van der Waals surface area contributed by atoms with E-state index >= 15 is 0 Å². The van der Waals surface area contributed by atoms with E-state index in [2.05, 4.69) is 62.2 Å². The van der Waals surface area contributed by atoms with Gasteiger partial charge in [0.1, 0.15) is 0 Å². The van der Waals surface area contributed by atoms with Crippen LogP contribution in [0.2, 0.25) is 19.1 Å². The summed E-state index contributed by atoms with van der Waals surface area (Å²) in [6.07, 6.45) is 6.35. The largest absolute Gasteiger partial charge is 0.106 e. The summed E-state index contributed by atoms with van der Waals surface area (Å²) in [7, 11) is -1.33. The molecule has 0 saturated carbocycles. The van der Waals surface area contributed by atoms with E-state index in [9.17, 15) is 0 Å². The third-order valence-corrected chi connectivity index (χ3v) is 6.32. The minimum Gasteiger partial charge on any atom is -0.106 e. The first-order valence-corrected chi connectivity index (χ1v) is 10.4. The van der Waals surface area contributed by atoms with Gasteiger partial charge in [0, 0.05) is 12.5 Å². The Labute approximate surface area is 114 Å². The minimum absolute atomic E-state index is 1.08. The molecule has 0 saturated heterocycles. The lowest BCUT2D eigenvalue weighted by Gasteiger charge is -2.19. The zero-order chi connectivity index (χ0) is 13.3. The Balaban J connectivity index is 2.36. The van der Waals surface area contributed by atoms with E-state index in [1.54, 1.807) is 0 Å². The summed E-state index contributed by atoms with van der Waals surface area (Å²) in [4.78, 5) is 0. The second-order valence-electron chi connectivity index (χ2n) is 5.59. The summed E-state index contributed by atoms with van der Waals surface area (Å²) in [6, 6.07) is 12.0. The highest BCUT2D eigenvalue weighted by molar-refractivity contribution is 6.90. The van der Waals surface area contributed by atoms with Crippen LogP contribution < -0.4 is 5.19 Å². The maximum atomic E-state index is 3.41. The summed E-state index contributed by atoms with van der Waals surface area (Å²) in [5.74, 6) is 6.77. The fourth-order valence-electron chi connectivity index (χ4n) is 2.00. The van der Waals surface area contributed by atoms with Crippen molar-refractivity contribution < 1.29 is 0 Å². The number of hydrogen-bond donors (Lipinski definition) is 0. The average molecular weight is 258 g/mol. The monoisotopic (exact) mass is 258 g/mol. The molecule has 0 N–H and O–H groups in total. The molecule has 0 nitrogen and oxygen atoms in total. The third-order valence-electron chi connectivity index (χ3n) is 3.37. The summed E-state index contributed by atoms with van der Waals surface area (Å²) >= 11 is 0. The van der Waals surface area contributed by atoms with Gasteiger partial charge in [0.25, 0.3) is 0 Å². The molecule has 1 heteroatoms. The van der Waals surface area contributed by atoms with Crippen molar-refractivity contribution in [2.45, 2.75) is 58.2 Å². The quantitative estimate of drug-likeness (QED) is 0.398. The van der Waals surface area contributed by atoms with Gasteiger partial charge in [-0.3, -0.25) is 0 Å². The topological polar surface area (TPSA) is 0 Å². The van der Waals surface area contributed by atoms with Crippen molar-refractivity contribution in [3.05, 3.63) is 30.3 Å². The van der Waals surface area contributed by atoms with Crippen molar-refractivity contribution in [1.29, 1.82) is 0 Å². The SMILES string of the molecule is CCCCCCC#CC[Si](C)(C)c1ccccc1. The zero-order valence-corrected chi connectivity index (χ0v) is 13.1. The molecular weight excluding hydrogens is 232 g/mol. The van der Waals surface area contributed by atoms with E-state index in [-0.39, 0.29) is 0 Å². The highest BCUT2D eigenvalue weighted by Gasteiger charge is 2.21. The molecule has 0 bridgehead atoms. The van der Waals surface area contributed by atoms with Crippen molar-refractivity contribution in [3.8, 4) is 11.8 Å². The second-order valence-corrected chi connectivity index (χ2v) is 10.3. The number of benzene rings is 1. The van der Waals surface area contributed by atoms with Crippen LogP contribution in [0.25, 0.3) is 0 Å². The van der Waals surface area contributed by atoms with Gasteiger partial charge in [-0.1, -0.05) is 74.8 Å². The van der Waals surface area contributed by atoms with Crippen molar-refractivity contribution in [2.75, 3.05) is 0 Å². The van der Waals surface area contributed by atoms with Crippen LogP contribution >= 0.6 is 0 Å². The van der Waals surface area contributed by atoms with Gasteiger partial charge >= 0.3 is 0 Å². The van der Waals surface area contributed by atoms with Gasteiger partial charge < -0.3 is 0 Å². The smallest absolute Gasteiger partial charge is 0.0926 e. The van der Waals surface area contributed by atoms with Crippen molar-refractivity contribution in [3.63, 3.8) is 0 Å². The highest BCUT2D eigenvalue weighted by atomic mass is 28.3. The Kier molecular flexibility index (Phi) is 6.83. The number of rotatable bonds is 6. The van der Waals surface area contributed by atoms with Crippen molar-refractivity contribution >= 4 is 13.3 Å². The molecule has 1 aromatic carbocycles. The van der Waals surface area contributed by atoms with Crippen LogP contribution in [0.1, 0.15) is 39.0 Å². The molecule has 18 heavy (non-hydrogen) atoms. The first-order valence-electron chi connectivity index (χ1n) is 7.18. The van der Waals surface area contributed by atoms with E-state index in [0.717, 1.165) is 12.5 Å². The predicted octanol–water partition coefficient (Wildman–Crippen LogP) is 4.58. The Morgan fingerprint density at radius 2 is 1.67 bits per heavy atom. The normalized spacial score (nSPS) is 10.8. The molecule has 0 spiro atoms. The van der Waals surface area contributed by atoms with Crippen LogP contribution in [-0.2, 0) is 0 Å². The van der Waals surface area contributed by atoms with Crippen LogP contribution in [0.15, 0.2) is 30.3 Å². The maximum absolute atomic E-state index is 3.41. The fourth-order valence-corrected chi connectivity index (χ4v) is 3.87. The minimum atomic E-state index is -1.33. The van der Waals surface area contributed by atoms with Crippen LogP contribution in [0.5, 0.6) is 0 Å². The molecule has 0 atom stereocenters. The van der Waals surface area contributed by atoms with E-state index in [4.69, 9.17) is 0 Å². The molecule has 1 rings (SSSR count). The lowest BCUT2D eigenvalue weighted by molar-refractivity contribution is 0.679. The lowest BCUT2D eigenvalue weighted by Crippen LogP contribution is -2.40. The summed E-state index contributed by atoms with van der Waals surface area (Å²) < 4.78 is 0. The van der Waals surface area contributed by atoms with Crippen LogP contribution in [0.4, 0.5) is 0 Å². The van der Waals surface area contributed by atoms with Gasteiger partial charge in [-0.05, 0) is 6.42 Å².